The van der Waals surface area contributed by atoms with Crippen LogP contribution >= 0.6 is 11.6 Å². The molecular formula is C13H18ClN5O. The molecule has 0 fully saturated rings. The Bertz CT molecular complexity index is 631. The molecular weight excluding hydrogens is 278 g/mol. The molecule has 0 aliphatic rings. The van der Waals surface area contributed by atoms with E-state index in [1.807, 2.05) is 6.92 Å². The average molecular weight is 296 g/mol. The second kappa shape index (κ2) is 5.76. The molecule has 0 spiro atoms. The van der Waals surface area contributed by atoms with E-state index in [2.05, 4.69) is 10.2 Å². The molecule has 108 valence electrons. The molecule has 7 heteroatoms. The van der Waals surface area contributed by atoms with Crippen molar-refractivity contribution in [2.24, 2.45) is 19.8 Å². The molecule has 0 aromatic carbocycles. The molecule has 2 N–H and O–H groups in total. The van der Waals surface area contributed by atoms with Crippen LogP contribution in [0.3, 0.4) is 0 Å². The van der Waals surface area contributed by atoms with Gasteiger partial charge in [0, 0.05) is 25.9 Å². The van der Waals surface area contributed by atoms with Crippen molar-refractivity contribution in [2.75, 3.05) is 0 Å². The minimum absolute atomic E-state index is 0.106. The van der Waals surface area contributed by atoms with Crippen molar-refractivity contribution in [1.82, 2.24) is 19.6 Å². The summed E-state index contributed by atoms with van der Waals surface area (Å²) in [6.45, 7) is 1.97. The Labute approximate surface area is 122 Å². The Morgan fingerprint density at radius 2 is 2.20 bits per heavy atom. The highest BCUT2D eigenvalue weighted by atomic mass is 35.5. The van der Waals surface area contributed by atoms with Crippen LogP contribution in [-0.4, -0.2) is 25.3 Å². The lowest BCUT2D eigenvalue weighted by Gasteiger charge is -2.08. The fourth-order valence-corrected chi connectivity index (χ4v) is 2.43. The number of rotatable bonds is 5. The van der Waals surface area contributed by atoms with Crippen LogP contribution in [0, 0.1) is 0 Å². The molecule has 0 aliphatic heterocycles. The maximum atomic E-state index is 12.3. The van der Waals surface area contributed by atoms with Crippen molar-refractivity contribution in [3.8, 4) is 0 Å². The second-order valence-corrected chi connectivity index (χ2v) is 5.13. The van der Waals surface area contributed by atoms with Crippen LogP contribution in [0.2, 0.25) is 5.02 Å². The number of carbonyl (C=O) groups is 1. The molecule has 20 heavy (non-hydrogen) atoms. The lowest BCUT2D eigenvalue weighted by Crippen LogP contribution is -2.23. The lowest BCUT2D eigenvalue weighted by atomic mass is 10.0. The highest BCUT2D eigenvalue weighted by Gasteiger charge is 2.22. The Balaban J connectivity index is 2.18. The molecule has 6 nitrogen and oxygen atoms in total. The number of nitrogens with two attached hydrogens (primary N) is 1. The second-order valence-electron chi connectivity index (χ2n) is 4.75. The van der Waals surface area contributed by atoms with Gasteiger partial charge < -0.3 is 5.73 Å². The summed E-state index contributed by atoms with van der Waals surface area (Å²) in [5.41, 5.74) is 8.16. The predicted octanol–water partition coefficient (Wildman–Crippen LogP) is 1.18. The number of hydrogen-bond donors (Lipinski definition) is 1. The van der Waals surface area contributed by atoms with Gasteiger partial charge in [0.2, 0.25) is 0 Å². The van der Waals surface area contributed by atoms with E-state index < -0.39 is 6.04 Å². The van der Waals surface area contributed by atoms with Crippen LogP contribution in [0.4, 0.5) is 0 Å². The zero-order chi connectivity index (χ0) is 14.9. The standard InChI is InChI=1S/C13H18ClN5O/c1-4-9-12(14)10(19(3)17-9)5-11(20)13(15)8-6-16-18(2)7-8/h6-7,13H,4-5,15H2,1-3H3. The monoisotopic (exact) mass is 295 g/mol. The zero-order valence-electron chi connectivity index (χ0n) is 11.8. The zero-order valence-corrected chi connectivity index (χ0v) is 12.6. The highest BCUT2D eigenvalue weighted by molar-refractivity contribution is 6.32. The van der Waals surface area contributed by atoms with Gasteiger partial charge in [-0.25, -0.2) is 0 Å². The van der Waals surface area contributed by atoms with E-state index in [1.54, 1.807) is 35.9 Å². The third-order valence-corrected chi connectivity index (χ3v) is 3.71. The molecule has 0 saturated heterocycles. The molecule has 2 aromatic heterocycles. The molecule has 0 saturated carbocycles. The van der Waals surface area contributed by atoms with Crippen LogP contribution in [0.25, 0.3) is 0 Å². The average Bonchev–Trinajstić information content (AvgIpc) is 2.96. The SMILES string of the molecule is CCc1nn(C)c(CC(=O)C(N)c2cnn(C)c2)c1Cl. The Morgan fingerprint density at radius 1 is 1.50 bits per heavy atom. The van der Waals surface area contributed by atoms with E-state index >= 15 is 0 Å². The molecule has 2 heterocycles. The van der Waals surface area contributed by atoms with E-state index in [9.17, 15) is 4.79 Å². The number of Topliss-reactive ketones (excluding diaryl/α,β-unsaturated/α-hetero) is 1. The van der Waals surface area contributed by atoms with Crippen LogP contribution < -0.4 is 5.73 Å². The molecule has 0 bridgehead atoms. The Kier molecular flexibility index (Phi) is 4.25. The van der Waals surface area contributed by atoms with Crippen molar-refractivity contribution < 1.29 is 4.79 Å². The van der Waals surface area contributed by atoms with Gasteiger partial charge in [0.05, 0.1) is 35.1 Å². The number of aryl methyl sites for hydroxylation is 3. The van der Waals surface area contributed by atoms with Crippen molar-refractivity contribution in [2.45, 2.75) is 25.8 Å². The molecule has 1 unspecified atom stereocenters. The van der Waals surface area contributed by atoms with Gasteiger partial charge in [0.25, 0.3) is 0 Å². The number of hydrogen-bond acceptors (Lipinski definition) is 4. The van der Waals surface area contributed by atoms with Crippen molar-refractivity contribution >= 4 is 17.4 Å². The van der Waals surface area contributed by atoms with Gasteiger partial charge in [-0.1, -0.05) is 18.5 Å². The third kappa shape index (κ3) is 2.76. The Hall–Kier alpha value is -1.66. The number of nitrogens with zero attached hydrogens (tertiary/aromatic N) is 4. The van der Waals surface area contributed by atoms with Gasteiger partial charge in [-0.15, -0.1) is 0 Å². The number of halogens is 1. The summed E-state index contributed by atoms with van der Waals surface area (Å²) in [5, 5.41) is 8.87. The molecule has 0 amide bonds. The minimum Gasteiger partial charge on any atom is -0.318 e. The topological polar surface area (TPSA) is 78.7 Å². The largest absolute Gasteiger partial charge is 0.318 e. The van der Waals surface area contributed by atoms with Crippen molar-refractivity contribution in [3.05, 3.63) is 34.4 Å². The summed E-state index contributed by atoms with van der Waals surface area (Å²) in [6.07, 6.45) is 4.24. The highest BCUT2D eigenvalue weighted by Crippen LogP contribution is 2.23. The smallest absolute Gasteiger partial charge is 0.160 e. The summed E-state index contributed by atoms with van der Waals surface area (Å²) in [5.74, 6) is -0.106. The molecule has 0 radical (unpaired) electrons. The molecule has 1 atom stereocenters. The van der Waals surface area contributed by atoms with Crippen LogP contribution in [0.15, 0.2) is 12.4 Å². The maximum absolute atomic E-state index is 12.3. The summed E-state index contributed by atoms with van der Waals surface area (Å²) < 4.78 is 3.27. The first-order valence-corrected chi connectivity index (χ1v) is 6.78. The lowest BCUT2D eigenvalue weighted by molar-refractivity contribution is -0.119. The van der Waals surface area contributed by atoms with Gasteiger partial charge in [0.1, 0.15) is 0 Å². The van der Waals surface area contributed by atoms with Crippen molar-refractivity contribution in [3.63, 3.8) is 0 Å². The van der Waals surface area contributed by atoms with Gasteiger partial charge in [-0.05, 0) is 6.42 Å². The first kappa shape index (κ1) is 14.7. The summed E-state index contributed by atoms with van der Waals surface area (Å²) in [6, 6.07) is -0.695. The van der Waals surface area contributed by atoms with Crippen LogP contribution in [0.1, 0.15) is 29.9 Å². The molecule has 2 rings (SSSR count). The van der Waals surface area contributed by atoms with Gasteiger partial charge in [0.15, 0.2) is 5.78 Å². The normalized spacial score (nSPS) is 12.7. The van der Waals surface area contributed by atoms with Gasteiger partial charge in [-0.2, -0.15) is 10.2 Å². The first-order chi connectivity index (χ1) is 9.43. The summed E-state index contributed by atoms with van der Waals surface area (Å²) in [7, 11) is 3.56. The Morgan fingerprint density at radius 3 is 2.70 bits per heavy atom. The predicted molar refractivity (Wildman–Crippen MR) is 76.4 cm³/mol. The van der Waals surface area contributed by atoms with E-state index in [0.29, 0.717) is 16.3 Å². The minimum atomic E-state index is -0.695. The molecule has 2 aromatic rings. The fraction of sp³-hybridized carbons (Fsp3) is 0.462. The van der Waals surface area contributed by atoms with Crippen LogP contribution in [-0.2, 0) is 31.7 Å². The number of carbonyl (C=O) groups excluding carboxylic acids is 1. The van der Waals surface area contributed by atoms with E-state index in [4.69, 9.17) is 17.3 Å². The third-order valence-electron chi connectivity index (χ3n) is 3.28. The fourth-order valence-electron chi connectivity index (χ4n) is 2.07. The van der Waals surface area contributed by atoms with E-state index in [1.165, 1.54) is 0 Å². The molecule has 0 aliphatic carbocycles. The van der Waals surface area contributed by atoms with Crippen molar-refractivity contribution in [1.29, 1.82) is 0 Å². The summed E-state index contributed by atoms with van der Waals surface area (Å²) in [4.78, 5) is 12.3. The van der Waals surface area contributed by atoms with Gasteiger partial charge in [-0.3, -0.25) is 14.2 Å². The quantitative estimate of drug-likeness (QED) is 0.898. The van der Waals surface area contributed by atoms with E-state index in [-0.39, 0.29) is 12.2 Å². The number of aromatic nitrogens is 4. The summed E-state index contributed by atoms with van der Waals surface area (Å²) >= 11 is 6.24. The van der Waals surface area contributed by atoms with Gasteiger partial charge >= 0.3 is 0 Å². The van der Waals surface area contributed by atoms with E-state index in [0.717, 1.165) is 12.1 Å². The van der Waals surface area contributed by atoms with Crippen LogP contribution in [0.5, 0.6) is 0 Å². The maximum Gasteiger partial charge on any atom is 0.160 e. The number of ketones is 1. The first-order valence-electron chi connectivity index (χ1n) is 6.41.